The molecule has 3 heterocycles. The Morgan fingerprint density at radius 3 is 2.89 bits per heavy atom. The molecule has 1 aliphatic rings. The van der Waals surface area contributed by atoms with E-state index in [2.05, 4.69) is 20.2 Å². The molecule has 2 aromatic heterocycles. The van der Waals surface area contributed by atoms with Crippen LogP contribution in [0.1, 0.15) is 23.4 Å². The maximum absolute atomic E-state index is 11.8. The van der Waals surface area contributed by atoms with Crippen molar-refractivity contribution >= 4 is 17.5 Å². The molecule has 98 valence electrons. The van der Waals surface area contributed by atoms with E-state index in [0.717, 1.165) is 18.9 Å². The lowest BCUT2D eigenvalue weighted by atomic mass is 10.4. The molecule has 0 spiro atoms. The summed E-state index contributed by atoms with van der Waals surface area (Å²) in [4.78, 5) is 22.3. The minimum atomic E-state index is -0.309. The maximum Gasteiger partial charge on any atom is 0.292 e. The fourth-order valence-electron chi connectivity index (χ4n) is 2.12. The van der Waals surface area contributed by atoms with Crippen molar-refractivity contribution in [3.05, 3.63) is 36.5 Å². The fourth-order valence-corrected chi connectivity index (χ4v) is 2.12. The van der Waals surface area contributed by atoms with Crippen LogP contribution in [0.3, 0.4) is 0 Å². The Bertz CT molecular complexity index is 562. The third-order valence-electron chi connectivity index (χ3n) is 3.07. The Balaban J connectivity index is 1.74. The number of nitrogens with one attached hydrogen (secondary N) is 1. The number of rotatable bonds is 3. The van der Waals surface area contributed by atoms with Gasteiger partial charge in [0.2, 0.25) is 0 Å². The highest BCUT2D eigenvalue weighted by atomic mass is 16.3. The third-order valence-corrected chi connectivity index (χ3v) is 3.07. The highest BCUT2D eigenvalue weighted by molar-refractivity contribution is 6.01. The van der Waals surface area contributed by atoms with Gasteiger partial charge in [0.1, 0.15) is 18.0 Å². The Labute approximate surface area is 110 Å². The molecular weight excluding hydrogens is 244 g/mol. The van der Waals surface area contributed by atoms with E-state index in [1.54, 1.807) is 18.2 Å². The second kappa shape index (κ2) is 5.09. The normalized spacial score (nSPS) is 14.6. The number of anilines is 2. The number of furan rings is 1. The number of carbonyl (C=O) groups is 1. The van der Waals surface area contributed by atoms with Crippen molar-refractivity contribution < 1.29 is 9.21 Å². The number of aromatic nitrogens is 2. The first-order chi connectivity index (χ1) is 9.33. The fraction of sp³-hybridized carbons (Fsp3) is 0.308. The van der Waals surface area contributed by atoms with Gasteiger partial charge in [-0.3, -0.25) is 4.79 Å². The summed E-state index contributed by atoms with van der Waals surface area (Å²) in [5.41, 5.74) is 0. The minimum absolute atomic E-state index is 0.265. The van der Waals surface area contributed by atoms with Crippen LogP contribution in [0, 0.1) is 0 Å². The van der Waals surface area contributed by atoms with Gasteiger partial charge in [-0.25, -0.2) is 9.97 Å². The number of amides is 1. The monoisotopic (exact) mass is 258 g/mol. The van der Waals surface area contributed by atoms with Gasteiger partial charge in [-0.1, -0.05) is 0 Å². The predicted octanol–water partition coefficient (Wildman–Crippen LogP) is 1.92. The van der Waals surface area contributed by atoms with Crippen LogP contribution in [0.5, 0.6) is 0 Å². The van der Waals surface area contributed by atoms with Gasteiger partial charge in [-0.2, -0.15) is 0 Å². The van der Waals surface area contributed by atoms with Gasteiger partial charge in [0, 0.05) is 19.2 Å². The molecule has 1 N–H and O–H groups in total. The molecule has 0 atom stereocenters. The molecule has 0 aliphatic carbocycles. The van der Waals surface area contributed by atoms with Crippen molar-refractivity contribution in [1.29, 1.82) is 0 Å². The quantitative estimate of drug-likeness (QED) is 0.910. The van der Waals surface area contributed by atoms with E-state index in [1.165, 1.54) is 25.4 Å². The Hall–Kier alpha value is -2.37. The SMILES string of the molecule is O=C(Nc1cc(N2CCCC2)ncn1)c1ccco1. The van der Waals surface area contributed by atoms with Gasteiger partial charge < -0.3 is 14.6 Å². The Kier molecular flexibility index (Phi) is 3.14. The van der Waals surface area contributed by atoms with Gasteiger partial charge >= 0.3 is 0 Å². The number of carbonyl (C=O) groups excluding carboxylic acids is 1. The standard InChI is InChI=1S/C13H14N4O2/c18-13(10-4-3-7-19-10)16-11-8-12(15-9-14-11)17-5-1-2-6-17/h3-4,7-9H,1-2,5-6H2,(H,14,15,16,18). The second-order valence-electron chi connectivity index (χ2n) is 4.39. The van der Waals surface area contributed by atoms with Crippen molar-refractivity contribution in [2.75, 3.05) is 23.3 Å². The maximum atomic E-state index is 11.8. The van der Waals surface area contributed by atoms with E-state index in [0.29, 0.717) is 5.82 Å². The average Bonchev–Trinajstić information content (AvgIpc) is 3.13. The van der Waals surface area contributed by atoms with Crippen molar-refractivity contribution in [2.45, 2.75) is 12.8 Å². The molecule has 19 heavy (non-hydrogen) atoms. The lowest BCUT2D eigenvalue weighted by Gasteiger charge is -2.16. The molecule has 1 aliphatic heterocycles. The van der Waals surface area contributed by atoms with Crippen LogP contribution in [0.25, 0.3) is 0 Å². The molecule has 0 radical (unpaired) electrons. The zero-order valence-electron chi connectivity index (χ0n) is 10.4. The Morgan fingerprint density at radius 1 is 1.32 bits per heavy atom. The topological polar surface area (TPSA) is 71.3 Å². The molecule has 0 aromatic carbocycles. The summed E-state index contributed by atoms with van der Waals surface area (Å²) in [6.07, 6.45) is 5.28. The lowest BCUT2D eigenvalue weighted by molar-refractivity contribution is 0.0996. The first kappa shape index (κ1) is 11.7. The number of hydrogen-bond donors (Lipinski definition) is 1. The Morgan fingerprint density at radius 2 is 2.16 bits per heavy atom. The van der Waals surface area contributed by atoms with E-state index in [9.17, 15) is 4.79 Å². The van der Waals surface area contributed by atoms with Crippen LogP contribution >= 0.6 is 0 Å². The number of hydrogen-bond acceptors (Lipinski definition) is 5. The molecule has 0 unspecified atom stereocenters. The van der Waals surface area contributed by atoms with Gasteiger partial charge in [-0.05, 0) is 25.0 Å². The highest BCUT2D eigenvalue weighted by Gasteiger charge is 2.15. The van der Waals surface area contributed by atoms with Crippen LogP contribution in [0.15, 0.2) is 35.2 Å². The van der Waals surface area contributed by atoms with Crippen LogP contribution in [-0.4, -0.2) is 29.0 Å². The van der Waals surface area contributed by atoms with E-state index >= 15 is 0 Å². The average molecular weight is 258 g/mol. The van der Waals surface area contributed by atoms with Crippen LogP contribution < -0.4 is 10.2 Å². The van der Waals surface area contributed by atoms with Gasteiger partial charge in [0.15, 0.2) is 5.76 Å². The molecular formula is C13H14N4O2. The lowest BCUT2D eigenvalue weighted by Crippen LogP contribution is -2.20. The van der Waals surface area contributed by atoms with Crippen molar-refractivity contribution in [3.8, 4) is 0 Å². The zero-order chi connectivity index (χ0) is 13.1. The van der Waals surface area contributed by atoms with E-state index in [4.69, 9.17) is 4.42 Å². The molecule has 0 bridgehead atoms. The summed E-state index contributed by atoms with van der Waals surface area (Å²) in [6.45, 7) is 2.01. The highest BCUT2D eigenvalue weighted by Crippen LogP contribution is 2.19. The largest absolute Gasteiger partial charge is 0.459 e. The molecule has 0 saturated carbocycles. The van der Waals surface area contributed by atoms with Gasteiger partial charge in [0.05, 0.1) is 6.26 Å². The summed E-state index contributed by atoms with van der Waals surface area (Å²) in [5.74, 6) is 1.29. The summed E-state index contributed by atoms with van der Waals surface area (Å²) in [7, 11) is 0. The van der Waals surface area contributed by atoms with E-state index < -0.39 is 0 Å². The third kappa shape index (κ3) is 2.57. The smallest absolute Gasteiger partial charge is 0.292 e. The molecule has 6 nitrogen and oxygen atoms in total. The molecule has 3 rings (SSSR count). The first-order valence-corrected chi connectivity index (χ1v) is 6.25. The van der Waals surface area contributed by atoms with Crippen LogP contribution in [0.2, 0.25) is 0 Å². The van der Waals surface area contributed by atoms with E-state index in [1.807, 2.05) is 0 Å². The second-order valence-corrected chi connectivity index (χ2v) is 4.39. The summed E-state index contributed by atoms with van der Waals surface area (Å²) >= 11 is 0. The number of nitrogens with zero attached hydrogens (tertiary/aromatic N) is 3. The molecule has 1 saturated heterocycles. The zero-order valence-corrected chi connectivity index (χ0v) is 10.4. The molecule has 2 aromatic rings. The molecule has 1 amide bonds. The van der Waals surface area contributed by atoms with Crippen molar-refractivity contribution in [2.24, 2.45) is 0 Å². The van der Waals surface area contributed by atoms with Crippen LogP contribution in [0.4, 0.5) is 11.6 Å². The van der Waals surface area contributed by atoms with Crippen molar-refractivity contribution in [1.82, 2.24) is 9.97 Å². The van der Waals surface area contributed by atoms with Crippen LogP contribution in [-0.2, 0) is 0 Å². The predicted molar refractivity (Wildman–Crippen MR) is 70.1 cm³/mol. The van der Waals surface area contributed by atoms with Gasteiger partial charge in [0.25, 0.3) is 5.91 Å². The summed E-state index contributed by atoms with van der Waals surface area (Å²) in [5, 5.41) is 2.70. The van der Waals surface area contributed by atoms with Crippen molar-refractivity contribution in [3.63, 3.8) is 0 Å². The molecule has 6 heteroatoms. The summed E-state index contributed by atoms with van der Waals surface area (Å²) in [6, 6.07) is 5.06. The first-order valence-electron chi connectivity index (χ1n) is 6.25. The van der Waals surface area contributed by atoms with Gasteiger partial charge in [-0.15, -0.1) is 0 Å². The van der Waals surface area contributed by atoms with E-state index in [-0.39, 0.29) is 11.7 Å². The summed E-state index contributed by atoms with van der Waals surface area (Å²) < 4.78 is 5.03. The molecule has 1 fully saturated rings. The minimum Gasteiger partial charge on any atom is -0.459 e.